The number of rotatable bonds is 4. The van der Waals surface area contributed by atoms with E-state index in [1.54, 1.807) is 18.4 Å². The van der Waals surface area contributed by atoms with Gasteiger partial charge in [-0.05, 0) is 55.1 Å². The highest BCUT2D eigenvalue weighted by atomic mass is 79.9. The topological polar surface area (TPSA) is 64.0 Å². The highest BCUT2D eigenvalue weighted by Gasteiger charge is 2.23. The van der Waals surface area contributed by atoms with Gasteiger partial charge in [-0.15, -0.1) is 11.3 Å². The summed E-state index contributed by atoms with van der Waals surface area (Å²) in [5, 5.41) is 6.11. The third-order valence-electron chi connectivity index (χ3n) is 2.88. The molecule has 2 rings (SSSR count). The summed E-state index contributed by atoms with van der Waals surface area (Å²) >= 11 is 4.43. The van der Waals surface area contributed by atoms with E-state index in [-0.39, 0.29) is 10.3 Å². The molecule has 2 heterocycles. The molecule has 2 aromatic heterocycles. The molecular formula is C12H16BrN3O2S2. The number of sulfonamides is 1. The third-order valence-corrected chi connectivity index (χ3v) is 6.90. The van der Waals surface area contributed by atoms with Crippen molar-refractivity contribution in [2.75, 3.05) is 4.72 Å². The summed E-state index contributed by atoms with van der Waals surface area (Å²) in [5.41, 5.74) is 2.04. The summed E-state index contributed by atoms with van der Waals surface area (Å²) in [6, 6.07) is 1.90. The Morgan fingerprint density at radius 3 is 2.50 bits per heavy atom. The van der Waals surface area contributed by atoms with Crippen molar-refractivity contribution in [3.05, 3.63) is 27.3 Å². The molecule has 20 heavy (non-hydrogen) atoms. The Morgan fingerprint density at radius 2 is 2.05 bits per heavy atom. The van der Waals surface area contributed by atoms with Gasteiger partial charge in [0.2, 0.25) is 0 Å². The van der Waals surface area contributed by atoms with Crippen LogP contribution in [0.25, 0.3) is 0 Å². The van der Waals surface area contributed by atoms with Gasteiger partial charge < -0.3 is 0 Å². The van der Waals surface area contributed by atoms with Gasteiger partial charge in [0.05, 0.1) is 17.1 Å². The van der Waals surface area contributed by atoms with Crippen LogP contribution >= 0.6 is 27.3 Å². The number of halogens is 1. The molecule has 0 saturated heterocycles. The number of thiophene rings is 1. The lowest BCUT2D eigenvalue weighted by Gasteiger charge is -2.10. The minimum Gasteiger partial charge on any atom is -0.275 e. The summed E-state index contributed by atoms with van der Waals surface area (Å²) in [4.78, 5) is 0. The van der Waals surface area contributed by atoms with E-state index in [9.17, 15) is 8.42 Å². The first-order valence-electron chi connectivity index (χ1n) is 6.05. The number of nitrogens with one attached hydrogen (secondary N) is 1. The van der Waals surface area contributed by atoms with Crippen molar-refractivity contribution in [2.24, 2.45) is 0 Å². The van der Waals surface area contributed by atoms with Crippen molar-refractivity contribution in [3.8, 4) is 0 Å². The van der Waals surface area contributed by atoms with E-state index in [1.807, 2.05) is 25.5 Å². The number of hydrogen-bond acceptors (Lipinski definition) is 4. The molecule has 110 valence electrons. The summed E-state index contributed by atoms with van der Waals surface area (Å²) in [6.45, 7) is 7.68. The van der Waals surface area contributed by atoms with E-state index in [0.29, 0.717) is 15.9 Å². The Balaban J connectivity index is 2.43. The van der Waals surface area contributed by atoms with Crippen LogP contribution in [0.15, 0.2) is 20.1 Å². The molecule has 0 atom stereocenters. The standard InChI is InChI=1S/C12H16BrN3O2S2/c1-7(2)16-9(4)11(8(3)14-16)15-20(17,18)12-10(13)5-6-19-12/h5-7,15H,1-4H3. The second kappa shape index (κ2) is 5.50. The first-order valence-corrected chi connectivity index (χ1v) is 9.21. The molecular weight excluding hydrogens is 362 g/mol. The minimum absolute atomic E-state index is 0.181. The van der Waals surface area contributed by atoms with Crippen molar-refractivity contribution in [3.63, 3.8) is 0 Å². The van der Waals surface area contributed by atoms with Crippen LogP contribution in [-0.2, 0) is 10.0 Å². The molecule has 0 amide bonds. The molecule has 0 saturated carbocycles. The first-order chi connectivity index (χ1) is 9.24. The maximum atomic E-state index is 12.4. The fourth-order valence-electron chi connectivity index (χ4n) is 1.97. The molecule has 0 aromatic carbocycles. The Labute approximate surface area is 131 Å². The average Bonchev–Trinajstić information content (AvgIpc) is 2.88. The van der Waals surface area contributed by atoms with Crippen LogP contribution in [0.5, 0.6) is 0 Å². The van der Waals surface area contributed by atoms with Crippen LogP contribution < -0.4 is 4.72 Å². The van der Waals surface area contributed by atoms with Crippen molar-refractivity contribution in [1.29, 1.82) is 0 Å². The van der Waals surface area contributed by atoms with Crippen molar-refractivity contribution >= 4 is 43.0 Å². The van der Waals surface area contributed by atoms with Gasteiger partial charge in [0.25, 0.3) is 10.0 Å². The number of hydrogen-bond donors (Lipinski definition) is 1. The van der Waals surface area contributed by atoms with Gasteiger partial charge in [0.1, 0.15) is 0 Å². The zero-order valence-electron chi connectivity index (χ0n) is 11.6. The van der Waals surface area contributed by atoms with E-state index in [4.69, 9.17) is 0 Å². The second-order valence-electron chi connectivity index (χ2n) is 4.75. The van der Waals surface area contributed by atoms with Gasteiger partial charge in [-0.2, -0.15) is 5.10 Å². The lowest BCUT2D eigenvalue weighted by Crippen LogP contribution is -2.13. The fourth-order valence-corrected chi connectivity index (χ4v) is 5.48. The second-order valence-corrected chi connectivity index (χ2v) is 8.39. The lowest BCUT2D eigenvalue weighted by molar-refractivity contribution is 0.516. The summed E-state index contributed by atoms with van der Waals surface area (Å²) in [7, 11) is -3.59. The van der Waals surface area contributed by atoms with Crippen LogP contribution in [0.1, 0.15) is 31.3 Å². The SMILES string of the molecule is Cc1nn(C(C)C)c(C)c1NS(=O)(=O)c1sccc1Br. The molecule has 0 fully saturated rings. The van der Waals surface area contributed by atoms with Crippen LogP contribution in [0, 0.1) is 13.8 Å². The molecule has 1 N–H and O–H groups in total. The molecule has 0 spiro atoms. The van der Waals surface area contributed by atoms with Crippen molar-refractivity contribution < 1.29 is 8.42 Å². The zero-order valence-corrected chi connectivity index (χ0v) is 14.9. The van der Waals surface area contributed by atoms with Gasteiger partial charge in [0, 0.05) is 10.5 Å². The van der Waals surface area contributed by atoms with Crippen LogP contribution in [0.3, 0.4) is 0 Å². The summed E-state index contributed by atoms with van der Waals surface area (Å²) < 4.78 is 30.1. The Morgan fingerprint density at radius 1 is 1.40 bits per heavy atom. The highest BCUT2D eigenvalue weighted by Crippen LogP contribution is 2.31. The Bertz CT molecular complexity index is 732. The molecule has 0 aliphatic carbocycles. The Kier molecular flexibility index (Phi) is 4.27. The van der Waals surface area contributed by atoms with Crippen molar-refractivity contribution in [2.45, 2.75) is 37.9 Å². The molecule has 5 nitrogen and oxygen atoms in total. The molecule has 0 unspecified atom stereocenters. The van der Waals surface area contributed by atoms with Gasteiger partial charge in [-0.25, -0.2) is 8.42 Å². The third kappa shape index (κ3) is 2.77. The number of anilines is 1. The average molecular weight is 378 g/mol. The van der Waals surface area contributed by atoms with E-state index in [0.717, 1.165) is 5.69 Å². The smallest absolute Gasteiger partial charge is 0.272 e. The maximum absolute atomic E-state index is 12.4. The maximum Gasteiger partial charge on any atom is 0.272 e. The molecule has 0 aliphatic rings. The first kappa shape index (κ1) is 15.5. The quantitative estimate of drug-likeness (QED) is 0.882. The zero-order chi connectivity index (χ0) is 15.1. The highest BCUT2D eigenvalue weighted by molar-refractivity contribution is 9.10. The fraction of sp³-hybridized carbons (Fsp3) is 0.417. The predicted molar refractivity (Wildman–Crippen MR) is 84.9 cm³/mol. The van der Waals surface area contributed by atoms with Crippen LogP contribution in [0.4, 0.5) is 5.69 Å². The van der Waals surface area contributed by atoms with E-state index < -0.39 is 10.0 Å². The molecule has 8 heteroatoms. The largest absolute Gasteiger partial charge is 0.275 e. The normalized spacial score (nSPS) is 12.1. The molecule has 2 aromatic rings. The predicted octanol–water partition coefficient (Wildman–Crippen LogP) is 3.71. The minimum atomic E-state index is -3.59. The van der Waals surface area contributed by atoms with Gasteiger partial charge in [0.15, 0.2) is 4.21 Å². The van der Waals surface area contributed by atoms with E-state index >= 15 is 0 Å². The summed E-state index contributed by atoms with van der Waals surface area (Å²) in [6.07, 6.45) is 0. The lowest BCUT2D eigenvalue weighted by atomic mass is 10.3. The van der Waals surface area contributed by atoms with Crippen molar-refractivity contribution in [1.82, 2.24) is 9.78 Å². The van der Waals surface area contributed by atoms with Gasteiger partial charge in [-0.1, -0.05) is 0 Å². The number of aryl methyl sites for hydroxylation is 1. The Hall–Kier alpha value is -0.860. The molecule has 0 radical (unpaired) electrons. The van der Waals surface area contributed by atoms with E-state index in [2.05, 4.69) is 25.8 Å². The van der Waals surface area contributed by atoms with Crippen LogP contribution in [-0.4, -0.2) is 18.2 Å². The van der Waals surface area contributed by atoms with Gasteiger partial charge in [-0.3, -0.25) is 9.40 Å². The number of aromatic nitrogens is 2. The van der Waals surface area contributed by atoms with Crippen LogP contribution in [0.2, 0.25) is 0 Å². The summed E-state index contributed by atoms with van der Waals surface area (Å²) in [5.74, 6) is 0. The van der Waals surface area contributed by atoms with E-state index in [1.165, 1.54) is 11.3 Å². The number of nitrogens with zero attached hydrogens (tertiary/aromatic N) is 2. The molecule has 0 aliphatic heterocycles. The van der Waals surface area contributed by atoms with Gasteiger partial charge >= 0.3 is 0 Å². The monoisotopic (exact) mass is 377 g/mol. The molecule has 0 bridgehead atoms.